The van der Waals surface area contributed by atoms with Crippen LogP contribution in [0.4, 0.5) is 0 Å². The van der Waals surface area contributed by atoms with Gasteiger partial charge in [-0.25, -0.2) is 0 Å². The summed E-state index contributed by atoms with van der Waals surface area (Å²) in [6.45, 7) is 6.06. The predicted molar refractivity (Wildman–Crippen MR) is 60.3 cm³/mol. The van der Waals surface area contributed by atoms with Crippen molar-refractivity contribution in [2.24, 2.45) is 0 Å². The predicted octanol–water partition coefficient (Wildman–Crippen LogP) is 2.18. The van der Waals surface area contributed by atoms with Gasteiger partial charge in [0.2, 0.25) is 0 Å². The Bertz CT molecular complexity index is 383. The van der Waals surface area contributed by atoms with Crippen molar-refractivity contribution in [2.75, 3.05) is 7.05 Å². The van der Waals surface area contributed by atoms with Gasteiger partial charge in [0.15, 0.2) is 0 Å². The first-order valence-corrected chi connectivity index (χ1v) is 5.03. The molecule has 0 atom stereocenters. The summed E-state index contributed by atoms with van der Waals surface area (Å²) >= 11 is 0. The number of amides is 1. The molecule has 0 aliphatic carbocycles. The number of phenolic OH excluding ortho intramolecular Hbond substituents is 1. The van der Waals surface area contributed by atoms with E-state index < -0.39 is 0 Å². The van der Waals surface area contributed by atoms with E-state index in [4.69, 9.17) is 0 Å². The van der Waals surface area contributed by atoms with Gasteiger partial charge in [-0.3, -0.25) is 4.79 Å². The molecule has 0 aromatic heterocycles. The number of benzene rings is 1. The van der Waals surface area contributed by atoms with Gasteiger partial charge >= 0.3 is 0 Å². The standard InChI is InChI=1S/C12H17NO2/c1-7(2)9-6-11(14)10(5-8(9)3)12(15)13-4/h5-7,14H,1-4H3,(H,13,15). The summed E-state index contributed by atoms with van der Waals surface area (Å²) < 4.78 is 0. The molecule has 0 saturated carbocycles. The van der Waals surface area contributed by atoms with Crippen LogP contribution in [0.3, 0.4) is 0 Å². The van der Waals surface area contributed by atoms with E-state index >= 15 is 0 Å². The molecule has 3 heteroatoms. The molecule has 3 nitrogen and oxygen atoms in total. The fraction of sp³-hybridized carbons (Fsp3) is 0.417. The first kappa shape index (κ1) is 11.6. The zero-order chi connectivity index (χ0) is 11.6. The van der Waals surface area contributed by atoms with E-state index in [1.165, 1.54) is 0 Å². The van der Waals surface area contributed by atoms with Crippen molar-refractivity contribution >= 4 is 5.91 Å². The van der Waals surface area contributed by atoms with Crippen LogP contribution in [0.1, 0.15) is 41.3 Å². The van der Waals surface area contributed by atoms with Crippen molar-refractivity contribution in [3.8, 4) is 5.75 Å². The highest BCUT2D eigenvalue weighted by molar-refractivity contribution is 5.96. The molecule has 2 N–H and O–H groups in total. The van der Waals surface area contributed by atoms with Crippen LogP contribution in [0, 0.1) is 6.92 Å². The molecular formula is C12H17NO2. The summed E-state index contributed by atoms with van der Waals surface area (Å²) in [4.78, 5) is 11.4. The molecule has 1 aromatic rings. The van der Waals surface area contributed by atoms with Gasteiger partial charge in [0.1, 0.15) is 5.75 Å². The average Bonchev–Trinajstić information content (AvgIpc) is 2.19. The van der Waals surface area contributed by atoms with Crippen molar-refractivity contribution in [3.63, 3.8) is 0 Å². The largest absolute Gasteiger partial charge is 0.507 e. The Morgan fingerprint density at radius 2 is 2.00 bits per heavy atom. The number of phenols is 1. The molecule has 1 aromatic carbocycles. The minimum atomic E-state index is -0.258. The number of aromatic hydroxyl groups is 1. The monoisotopic (exact) mass is 207 g/mol. The summed E-state index contributed by atoms with van der Waals surface area (Å²) in [5, 5.41) is 12.2. The number of aryl methyl sites for hydroxylation is 1. The number of carbonyl (C=O) groups is 1. The van der Waals surface area contributed by atoms with E-state index in [1.54, 1.807) is 19.2 Å². The Morgan fingerprint density at radius 1 is 1.40 bits per heavy atom. The third-order valence-corrected chi connectivity index (χ3v) is 2.48. The zero-order valence-corrected chi connectivity index (χ0v) is 9.59. The lowest BCUT2D eigenvalue weighted by molar-refractivity contribution is 0.0960. The number of hydrogen-bond donors (Lipinski definition) is 2. The van der Waals surface area contributed by atoms with E-state index in [9.17, 15) is 9.90 Å². The molecule has 0 saturated heterocycles. The van der Waals surface area contributed by atoms with E-state index in [2.05, 4.69) is 19.2 Å². The Labute approximate surface area is 90.1 Å². The van der Waals surface area contributed by atoms with Gasteiger partial charge in [-0.05, 0) is 36.1 Å². The maximum atomic E-state index is 11.4. The lowest BCUT2D eigenvalue weighted by Gasteiger charge is -2.12. The minimum Gasteiger partial charge on any atom is -0.507 e. The smallest absolute Gasteiger partial charge is 0.254 e. The van der Waals surface area contributed by atoms with Crippen LogP contribution < -0.4 is 5.32 Å². The van der Waals surface area contributed by atoms with Gasteiger partial charge in [-0.2, -0.15) is 0 Å². The quantitative estimate of drug-likeness (QED) is 0.781. The maximum absolute atomic E-state index is 11.4. The molecule has 82 valence electrons. The van der Waals surface area contributed by atoms with Crippen molar-refractivity contribution in [2.45, 2.75) is 26.7 Å². The minimum absolute atomic E-state index is 0.0450. The Balaban J connectivity index is 3.25. The van der Waals surface area contributed by atoms with Crippen LogP contribution in [-0.4, -0.2) is 18.1 Å². The Kier molecular flexibility index (Phi) is 3.35. The van der Waals surface area contributed by atoms with Crippen molar-refractivity contribution in [3.05, 3.63) is 28.8 Å². The molecule has 0 aliphatic rings. The van der Waals surface area contributed by atoms with E-state index in [-0.39, 0.29) is 11.7 Å². The summed E-state index contributed by atoms with van der Waals surface area (Å²) in [7, 11) is 1.55. The molecular weight excluding hydrogens is 190 g/mol. The molecule has 1 rings (SSSR count). The summed E-state index contributed by atoms with van der Waals surface area (Å²) in [6, 6.07) is 3.40. The van der Waals surface area contributed by atoms with Crippen LogP contribution in [0.25, 0.3) is 0 Å². The van der Waals surface area contributed by atoms with Gasteiger partial charge in [-0.1, -0.05) is 13.8 Å². The molecule has 0 aliphatic heterocycles. The molecule has 0 heterocycles. The van der Waals surface area contributed by atoms with Gasteiger partial charge < -0.3 is 10.4 Å². The zero-order valence-electron chi connectivity index (χ0n) is 9.59. The maximum Gasteiger partial charge on any atom is 0.254 e. The topological polar surface area (TPSA) is 49.3 Å². The number of carbonyl (C=O) groups excluding carboxylic acids is 1. The number of nitrogens with one attached hydrogen (secondary N) is 1. The fourth-order valence-corrected chi connectivity index (χ4v) is 1.65. The van der Waals surface area contributed by atoms with E-state index in [1.807, 2.05) is 6.92 Å². The SMILES string of the molecule is CNC(=O)c1cc(C)c(C(C)C)cc1O. The Morgan fingerprint density at radius 3 is 2.47 bits per heavy atom. The van der Waals surface area contributed by atoms with Crippen molar-refractivity contribution in [1.29, 1.82) is 0 Å². The highest BCUT2D eigenvalue weighted by Crippen LogP contribution is 2.27. The second kappa shape index (κ2) is 4.34. The third kappa shape index (κ3) is 2.29. The molecule has 0 spiro atoms. The number of hydrogen-bond acceptors (Lipinski definition) is 2. The first-order valence-electron chi connectivity index (χ1n) is 5.03. The fourth-order valence-electron chi connectivity index (χ4n) is 1.65. The van der Waals surface area contributed by atoms with Gasteiger partial charge in [0.25, 0.3) is 5.91 Å². The summed E-state index contributed by atoms with van der Waals surface area (Å²) in [5.41, 5.74) is 2.43. The van der Waals surface area contributed by atoms with Crippen molar-refractivity contribution in [1.82, 2.24) is 5.32 Å². The lowest BCUT2D eigenvalue weighted by Crippen LogP contribution is -2.18. The van der Waals surface area contributed by atoms with Gasteiger partial charge in [0.05, 0.1) is 5.56 Å². The second-order valence-corrected chi connectivity index (χ2v) is 3.96. The van der Waals surface area contributed by atoms with Crippen LogP contribution >= 0.6 is 0 Å². The molecule has 0 bridgehead atoms. The average molecular weight is 207 g/mol. The molecule has 15 heavy (non-hydrogen) atoms. The highest BCUT2D eigenvalue weighted by Gasteiger charge is 2.13. The van der Waals surface area contributed by atoms with Crippen molar-refractivity contribution < 1.29 is 9.90 Å². The van der Waals surface area contributed by atoms with Gasteiger partial charge in [0, 0.05) is 7.05 Å². The third-order valence-electron chi connectivity index (χ3n) is 2.48. The van der Waals surface area contributed by atoms with Crippen LogP contribution in [0.5, 0.6) is 5.75 Å². The second-order valence-electron chi connectivity index (χ2n) is 3.96. The van der Waals surface area contributed by atoms with Crippen LogP contribution in [-0.2, 0) is 0 Å². The molecule has 0 unspecified atom stereocenters. The molecule has 0 fully saturated rings. The first-order chi connectivity index (χ1) is 6.97. The molecule has 1 amide bonds. The number of rotatable bonds is 2. The highest BCUT2D eigenvalue weighted by atomic mass is 16.3. The van der Waals surface area contributed by atoms with Crippen LogP contribution in [0.2, 0.25) is 0 Å². The summed E-state index contributed by atoms with van der Waals surface area (Å²) in [5.74, 6) is 0.129. The summed E-state index contributed by atoms with van der Waals surface area (Å²) in [6.07, 6.45) is 0. The Hall–Kier alpha value is -1.51. The van der Waals surface area contributed by atoms with Gasteiger partial charge in [-0.15, -0.1) is 0 Å². The normalized spacial score (nSPS) is 10.5. The van der Waals surface area contributed by atoms with Crippen LogP contribution in [0.15, 0.2) is 12.1 Å². The van der Waals surface area contributed by atoms with E-state index in [0.29, 0.717) is 11.5 Å². The van der Waals surface area contributed by atoms with E-state index in [0.717, 1.165) is 11.1 Å². The lowest BCUT2D eigenvalue weighted by atomic mass is 9.95. The molecule has 0 radical (unpaired) electrons.